The summed E-state index contributed by atoms with van der Waals surface area (Å²) in [5.41, 5.74) is 2.40. The minimum atomic E-state index is 0.816. The topological polar surface area (TPSA) is 24.3 Å². The number of likely N-dealkylation sites (tertiary alicyclic amines) is 2. The highest BCUT2D eigenvalue weighted by Gasteiger charge is 2.34. The zero-order chi connectivity index (χ0) is 14.3. The molecule has 2 aliphatic heterocycles. The predicted octanol–water partition coefficient (Wildman–Crippen LogP) is 2.41. The van der Waals surface area contributed by atoms with Crippen LogP contribution in [0.15, 0.2) is 4.47 Å². The fourth-order valence-corrected chi connectivity index (χ4v) is 4.40. The molecule has 2 fully saturated rings. The largest absolute Gasteiger partial charge is 0.303 e. The molecule has 0 aliphatic carbocycles. The second-order valence-electron chi connectivity index (χ2n) is 6.44. The summed E-state index contributed by atoms with van der Waals surface area (Å²) in [6.45, 7) is 6.82. The first-order valence-electron chi connectivity index (χ1n) is 7.67. The van der Waals surface area contributed by atoms with Crippen molar-refractivity contribution in [3.05, 3.63) is 15.9 Å². The molecule has 0 spiro atoms. The lowest BCUT2D eigenvalue weighted by atomic mass is 9.84. The number of hydrogen-bond acceptors (Lipinski definition) is 3. The van der Waals surface area contributed by atoms with Crippen molar-refractivity contribution in [1.82, 2.24) is 19.6 Å². The minimum Gasteiger partial charge on any atom is -0.303 e. The lowest BCUT2D eigenvalue weighted by molar-refractivity contribution is 0.0345. The van der Waals surface area contributed by atoms with Gasteiger partial charge in [0, 0.05) is 32.7 Å². The van der Waals surface area contributed by atoms with Gasteiger partial charge in [-0.1, -0.05) is 0 Å². The van der Waals surface area contributed by atoms with Gasteiger partial charge in [-0.3, -0.25) is 9.58 Å². The highest BCUT2D eigenvalue weighted by molar-refractivity contribution is 9.10. The summed E-state index contributed by atoms with van der Waals surface area (Å²) in [4.78, 5) is 5.19. The molecule has 2 aliphatic rings. The van der Waals surface area contributed by atoms with E-state index >= 15 is 0 Å². The van der Waals surface area contributed by atoms with Crippen molar-refractivity contribution in [2.45, 2.75) is 38.8 Å². The van der Waals surface area contributed by atoms with Crippen LogP contribution in [0.1, 0.15) is 30.7 Å². The Hall–Kier alpha value is -0.390. The van der Waals surface area contributed by atoms with Crippen LogP contribution in [0, 0.1) is 12.8 Å². The van der Waals surface area contributed by atoms with Crippen molar-refractivity contribution >= 4 is 15.9 Å². The normalized spacial score (nSPS) is 28.6. The fraction of sp³-hybridized carbons (Fsp3) is 0.800. The van der Waals surface area contributed by atoms with Crippen LogP contribution in [0.2, 0.25) is 0 Å². The molecule has 0 bridgehead atoms. The van der Waals surface area contributed by atoms with Crippen LogP contribution in [-0.4, -0.2) is 52.3 Å². The summed E-state index contributed by atoms with van der Waals surface area (Å²) in [7, 11) is 4.35. The number of aryl methyl sites for hydroxylation is 2. The molecule has 20 heavy (non-hydrogen) atoms. The molecular weight excluding hydrogens is 316 g/mol. The Bertz CT molecular complexity index is 484. The monoisotopic (exact) mass is 340 g/mol. The molecule has 1 aromatic heterocycles. The van der Waals surface area contributed by atoms with E-state index in [-0.39, 0.29) is 0 Å². The second-order valence-corrected chi connectivity index (χ2v) is 7.24. The van der Waals surface area contributed by atoms with Gasteiger partial charge in [0.2, 0.25) is 0 Å². The van der Waals surface area contributed by atoms with E-state index in [1.54, 1.807) is 0 Å². The van der Waals surface area contributed by atoms with Crippen LogP contribution < -0.4 is 0 Å². The first-order valence-corrected chi connectivity index (χ1v) is 8.46. The molecule has 2 unspecified atom stereocenters. The van der Waals surface area contributed by atoms with Crippen LogP contribution in [0.3, 0.4) is 0 Å². The molecule has 0 N–H and O–H groups in total. The molecule has 112 valence electrons. The first kappa shape index (κ1) is 14.5. The minimum absolute atomic E-state index is 0.816. The number of piperidine rings is 2. The van der Waals surface area contributed by atoms with Crippen molar-refractivity contribution in [3.63, 3.8) is 0 Å². The van der Waals surface area contributed by atoms with Gasteiger partial charge in [0.15, 0.2) is 0 Å². The van der Waals surface area contributed by atoms with Crippen LogP contribution in [0.5, 0.6) is 0 Å². The van der Waals surface area contributed by atoms with Crippen LogP contribution >= 0.6 is 15.9 Å². The summed E-state index contributed by atoms with van der Waals surface area (Å²) >= 11 is 3.69. The van der Waals surface area contributed by atoms with E-state index in [4.69, 9.17) is 0 Å². The number of fused-ring (bicyclic) bond motifs is 1. The molecule has 0 radical (unpaired) electrons. The molecule has 0 aromatic carbocycles. The Morgan fingerprint density at radius 2 is 2.05 bits per heavy atom. The predicted molar refractivity (Wildman–Crippen MR) is 84.7 cm³/mol. The molecule has 0 saturated carbocycles. The number of hydrogen-bond donors (Lipinski definition) is 0. The van der Waals surface area contributed by atoms with Crippen LogP contribution in [0.25, 0.3) is 0 Å². The molecule has 3 heterocycles. The van der Waals surface area contributed by atoms with E-state index in [1.165, 1.54) is 49.1 Å². The van der Waals surface area contributed by atoms with Crippen LogP contribution in [-0.2, 0) is 13.6 Å². The van der Waals surface area contributed by atoms with Gasteiger partial charge in [0.25, 0.3) is 0 Å². The van der Waals surface area contributed by atoms with Crippen molar-refractivity contribution in [1.29, 1.82) is 0 Å². The van der Waals surface area contributed by atoms with E-state index in [1.807, 2.05) is 11.7 Å². The lowest BCUT2D eigenvalue weighted by Gasteiger charge is -2.46. The first-order chi connectivity index (χ1) is 9.56. The van der Waals surface area contributed by atoms with Crippen molar-refractivity contribution in [2.75, 3.05) is 26.7 Å². The third kappa shape index (κ3) is 2.68. The Morgan fingerprint density at radius 1 is 1.25 bits per heavy atom. The quantitative estimate of drug-likeness (QED) is 0.826. The average Bonchev–Trinajstić information content (AvgIpc) is 2.66. The standard InChI is InChI=1S/C15H25BrN4/c1-11-15(16)14(19(3)17-11)10-20-8-6-13-12(9-20)5-4-7-18(13)2/h12-13H,4-10H2,1-3H3. The summed E-state index contributed by atoms with van der Waals surface area (Å²) in [5, 5.41) is 4.50. The average molecular weight is 341 g/mol. The summed E-state index contributed by atoms with van der Waals surface area (Å²) in [6.07, 6.45) is 4.08. The van der Waals surface area contributed by atoms with E-state index in [9.17, 15) is 0 Å². The third-order valence-corrected chi connectivity index (χ3v) is 6.10. The maximum Gasteiger partial charge on any atom is 0.0739 e. The summed E-state index contributed by atoms with van der Waals surface area (Å²) in [5.74, 6) is 0.857. The SMILES string of the molecule is Cc1nn(C)c(CN2CCC3C(CCCN3C)C2)c1Br. The van der Waals surface area contributed by atoms with Gasteiger partial charge < -0.3 is 4.90 Å². The Labute approximate surface area is 130 Å². The smallest absolute Gasteiger partial charge is 0.0739 e. The molecule has 5 heteroatoms. The second kappa shape index (κ2) is 5.78. The van der Waals surface area contributed by atoms with Crippen molar-refractivity contribution in [2.24, 2.45) is 13.0 Å². The summed E-state index contributed by atoms with van der Waals surface area (Å²) < 4.78 is 3.21. The number of aromatic nitrogens is 2. The van der Waals surface area contributed by atoms with Crippen molar-refractivity contribution < 1.29 is 0 Å². The van der Waals surface area contributed by atoms with Gasteiger partial charge >= 0.3 is 0 Å². The van der Waals surface area contributed by atoms with Gasteiger partial charge in [-0.25, -0.2) is 0 Å². The molecule has 4 nitrogen and oxygen atoms in total. The maximum absolute atomic E-state index is 4.50. The third-order valence-electron chi connectivity index (χ3n) is 5.06. The Balaban J connectivity index is 1.68. The zero-order valence-corrected chi connectivity index (χ0v) is 14.4. The fourth-order valence-electron chi connectivity index (χ4n) is 3.94. The number of halogens is 1. The van der Waals surface area contributed by atoms with E-state index in [2.05, 4.69) is 44.8 Å². The van der Waals surface area contributed by atoms with E-state index in [0.29, 0.717) is 0 Å². The maximum atomic E-state index is 4.50. The van der Waals surface area contributed by atoms with Gasteiger partial charge in [-0.15, -0.1) is 0 Å². The molecule has 2 atom stereocenters. The molecule has 2 saturated heterocycles. The van der Waals surface area contributed by atoms with Crippen LogP contribution in [0.4, 0.5) is 0 Å². The zero-order valence-electron chi connectivity index (χ0n) is 12.8. The van der Waals surface area contributed by atoms with Crippen molar-refractivity contribution in [3.8, 4) is 0 Å². The molecule has 1 aromatic rings. The highest BCUT2D eigenvalue weighted by atomic mass is 79.9. The Kier molecular flexibility index (Phi) is 4.20. The van der Waals surface area contributed by atoms with Gasteiger partial charge in [0.05, 0.1) is 15.9 Å². The Morgan fingerprint density at radius 3 is 2.75 bits per heavy atom. The van der Waals surface area contributed by atoms with Gasteiger partial charge in [-0.2, -0.15) is 5.10 Å². The van der Waals surface area contributed by atoms with E-state index in [0.717, 1.165) is 24.2 Å². The highest BCUT2D eigenvalue weighted by Crippen LogP contribution is 2.31. The number of rotatable bonds is 2. The van der Waals surface area contributed by atoms with Gasteiger partial charge in [0.1, 0.15) is 0 Å². The summed E-state index contributed by atoms with van der Waals surface area (Å²) in [6, 6.07) is 0.816. The van der Waals surface area contributed by atoms with Gasteiger partial charge in [-0.05, 0) is 61.6 Å². The molecular formula is C15H25BrN4. The lowest BCUT2D eigenvalue weighted by Crippen LogP contribution is -2.52. The number of nitrogens with zero attached hydrogens (tertiary/aromatic N) is 4. The molecule has 3 rings (SSSR count). The molecule has 0 amide bonds. The van der Waals surface area contributed by atoms with E-state index < -0.39 is 0 Å².